The molecular formula is C17H18OS2. The van der Waals surface area contributed by atoms with E-state index in [1.54, 1.807) is 30.6 Å². The van der Waals surface area contributed by atoms with Gasteiger partial charge >= 0.3 is 0 Å². The van der Waals surface area contributed by atoms with Crippen molar-refractivity contribution in [1.29, 1.82) is 0 Å². The summed E-state index contributed by atoms with van der Waals surface area (Å²) in [6.45, 7) is 0. The van der Waals surface area contributed by atoms with Gasteiger partial charge in [-0.05, 0) is 54.0 Å². The molecule has 3 heteroatoms. The monoisotopic (exact) mass is 302 g/mol. The second kappa shape index (κ2) is 7.46. The summed E-state index contributed by atoms with van der Waals surface area (Å²) >= 11 is 3.54. The molecule has 0 heterocycles. The van der Waals surface area contributed by atoms with Gasteiger partial charge in [0.15, 0.2) is 0 Å². The molecule has 0 N–H and O–H groups in total. The predicted molar refractivity (Wildman–Crippen MR) is 91.9 cm³/mol. The highest BCUT2D eigenvalue weighted by atomic mass is 32.2. The highest BCUT2D eigenvalue weighted by molar-refractivity contribution is 7.99. The van der Waals surface area contributed by atoms with Crippen LogP contribution in [0.5, 0.6) is 5.75 Å². The molecule has 0 spiro atoms. The van der Waals surface area contributed by atoms with E-state index in [1.165, 1.54) is 20.9 Å². The van der Waals surface area contributed by atoms with E-state index in [1.807, 2.05) is 12.1 Å². The van der Waals surface area contributed by atoms with E-state index in [9.17, 15) is 0 Å². The van der Waals surface area contributed by atoms with Gasteiger partial charge < -0.3 is 4.74 Å². The minimum atomic E-state index is 0.885. The third-order valence-electron chi connectivity index (χ3n) is 3.01. The Hall–Kier alpha value is -1.32. The van der Waals surface area contributed by atoms with Crippen LogP contribution in [0.3, 0.4) is 0 Å². The number of methoxy groups -OCH3 is 1. The summed E-state index contributed by atoms with van der Waals surface area (Å²) in [4.78, 5) is 2.59. The largest absolute Gasteiger partial charge is 0.497 e. The minimum Gasteiger partial charge on any atom is -0.497 e. The number of hydrogen-bond donors (Lipinski definition) is 0. The number of benzene rings is 2. The van der Waals surface area contributed by atoms with Crippen LogP contribution in [-0.2, 0) is 0 Å². The van der Waals surface area contributed by atoms with Crippen molar-refractivity contribution in [2.75, 3.05) is 19.6 Å². The zero-order chi connectivity index (χ0) is 14.4. The van der Waals surface area contributed by atoms with Crippen molar-refractivity contribution in [2.45, 2.75) is 9.79 Å². The molecule has 0 unspecified atom stereocenters. The van der Waals surface area contributed by atoms with E-state index < -0.39 is 0 Å². The standard InChI is InChI=1S/C17H18OS2/c1-18-15-8-5-13(6-9-15)4-7-14-12-16(19-2)10-11-17(14)20-3/h4-12H,1-3H3/b7-4+. The van der Waals surface area contributed by atoms with Crippen LogP contribution < -0.4 is 4.74 Å². The van der Waals surface area contributed by atoms with Gasteiger partial charge in [0.25, 0.3) is 0 Å². The first kappa shape index (κ1) is 15.1. The van der Waals surface area contributed by atoms with Crippen molar-refractivity contribution in [1.82, 2.24) is 0 Å². The SMILES string of the molecule is COc1ccc(/C=C/c2cc(SC)ccc2SC)cc1. The Morgan fingerprint density at radius 3 is 2.25 bits per heavy atom. The Bertz CT molecular complexity index is 588. The van der Waals surface area contributed by atoms with Gasteiger partial charge in [-0.1, -0.05) is 24.3 Å². The molecule has 0 radical (unpaired) electrons. The van der Waals surface area contributed by atoms with Crippen molar-refractivity contribution in [3.05, 3.63) is 53.6 Å². The van der Waals surface area contributed by atoms with Crippen molar-refractivity contribution in [3.8, 4) is 5.75 Å². The van der Waals surface area contributed by atoms with E-state index >= 15 is 0 Å². The fourth-order valence-electron chi connectivity index (χ4n) is 1.87. The molecule has 0 aliphatic carbocycles. The van der Waals surface area contributed by atoms with Crippen LogP contribution in [0, 0.1) is 0 Å². The Kier molecular flexibility index (Phi) is 5.62. The van der Waals surface area contributed by atoms with Crippen molar-refractivity contribution >= 4 is 35.7 Å². The summed E-state index contributed by atoms with van der Waals surface area (Å²) in [5, 5.41) is 0. The molecule has 0 aliphatic rings. The Balaban J connectivity index is 2.24. The second-order valence-electron chi connectivity index (χ2n) is 4.21. The van der Waals surface area contributed by atoms with Gasteiger partial charge in [-0.3, -0.25) is 0 Å². The number of thioether (sulfide) groups is 2. The first-order valence-corrected chi connectivity index (χ1v) is 8.76. The van der Waals surface area contributed by atoms with Crippen LogP contribution in [0.25, 0.3) is 12.2 Å². The molecule has 20 heavy (non-hydrogen) atoms. The lowest BCUT2D eigenvalue weighted by Crippen LogP contribution is -1.82. The summed E-state index contributed by atoms with van der Waals surface area (Å²) in [5.41, 5.74) is 2.44. The second-order valence-corrected chi connectivity index (χ2v) is 5.94. The zero-order valence-corrected chi connectivity index (χ0v) is 13.6. The topological polar surface area (TPSA) is 9.23 Å². The highest BCUT2D eigenvalue weighted by Crippen LogP contribution is 2.27. The minimum absolute atomic E-state index is 0.885. The molecule has 0 aliphatic heterocycles. The Morgan fingerprint density at radius 1 is 0.900 bits per heavy atom. The summed E-state index contributed by atoms with van der Waals surface area (Å²) < 4.78 is 5.17. The summed E-state index contributed by atoms with van der Waals surface area (Å²) in [6.07, 6.45) is 8.52. The first-order chi connectivity index (χ1) is 9.76. The molecule has 2 aromatic rings. The predicted octanol–water partition coefficient (Wildman–Crippen LogP) is 5.31. The van der Waals surface area contributed by atoms with Crippen LogP contribution >= 0.6 is 23.5 Å². The zero-order valence-electron chi connectivity index (χ0n) is 11.9. The lowest BCUT2D eigenvalue weighted by atomic mass is 10.1. The lowest BCUT2D eigenvalue weighted by Gasteiger charge is -2.05. The number of ether oxygens (including phenoxy) is 1. The van der Waals surface area contributed by atoms with Crippen LogP contribution in [0.4, 0.5) is 0 Å². The summed E-state index contributed by atoms with van der Waals surface area (Å²) in [6, 6.07) is 14.7. The van der Waals surface area contributed by atoms with Crippen molar-refractivity contribution in [3.63, 3.8) is 0 Å². The Labute approximate surface area is 129 Å². The fourth-order valence-corrected chi connectivity index (χ4v) is 2.89. The third-order valence-corrected chi connectivity index (χ3v) is 4.54. The molecule has 104 valence electrons. The van der Waals surface area contributed by atoms with Crippen LogP contribution in [0.15, 0.2) is 52.3 Å². The maximum Gasteiger partial charge on any atom is 0.118 e. The van der Waals surface area contributed by atoms with E-state index in [-0.39, 0.29) is 0 Å². The van der Waals surface area contributed by atoms with Crippen LogP contribution in [-0.4, -0.2) is 19.6 Å². The average Bonchev–Trinajstić information content (AvgIpc) is 2.53. The molecule has 0 bridgehead atoms. The quantitative estimate of drug-likeness (QED) is 0.547. The summed E-state index contributed by atoms with van der Waals surface area (Å²) in [7, 11) is 1.68. The van der Waals surface area contributed by atoms with Crippen molar-refractivity contribution in [2.24, 2.45) is 0 Å². The molecular weight excluding hydrogens is 284 g/mol. The molecule has 2 rings (SSSR count). The van der Waals surface area contributed by atoms with Gasteiger partial charge in [0, 0.05) is 9.79 Å². The van der Waals surface area contributed by atoms with E-state index in [4.69, 9.17) is 4.74 Å². The first-order valence-electron chi connectivity index (χ1n) is 6.31. The Morgan fingerprint density at radius 2 is 1.65 bits per heavy atom. The normalized spacial score (nSPS) is 10.9. The average molecular weight is 302 g/mol. The highest BCUT2D eigenvalue weighted by Gasteiger charge is 2.00. The molecule has 1 nitrogen and oxygen atoms in total. The molecule has 2 aromatic carbocycles. The van der Waals surface area contributed by atoms with Gasteiger partial charge in [-0.15, -0.1) is 23.5 Å². The van der Waals surface area contributed by atoms with Gasteiger partial charge in [0.1, 0.15) is 5.75 Å². The maximum atomic E-state index is 5.17. The van der Waals surface area contributed by atoms with Gasteiger partial charge in [-0.2, -0.15) is 0 Å². The summed E-state index contributed by atoms with van der Waals surface area (Å²) in [5.74, 6) is 0.885. The van der Waals surface area contributed by atoms with Gasteiger partial charge in [0.2, 0.25) is 0 Å². The molecule has 0 amide bonds. The number of rotatable bonds is 5. The molecule has 0 saturated carbocycles. The maximum absolute atomic E-state index is 5.17. The smallest absolute Gasteiger partial charge is 0.118 e. The van der Waals surface area contributed by atoms with Crippen molar-refractivity contribution < 1.29 is 4.74 Å². The van der Waals surface area contributed by atoms with Crippen LogP contribution in [0.2, 0.25) is 0 Å². The number of hydrogen-bond acceptors (Lipinski definition) is 3. The van der Waals surface area contributed by atoms with Gasteiger partial charge in [0.05, 0.1) is 7.11 Å². The van der Waals surface area contributed by atoms with Crippen LogP contribution in [0.1, 0.15) is 11.1 Å². The molecule has 0 saturated heterocycles. The molecule has 0 atom stereocenters. The molecule has 0 fully saturated rings. The van der Waals surface area contributed by atoms with Gasteiger partial charge in [-0.25, -0.2) is 0 Å². The lowest BCUT2D eigenvalue weighted by molar-refractivity contribution is 0.415. The van der Waals surface area contributed by atoms with E-state index in [0.717, 1.165) is 5.75 Å². The van der Waals surface area contributed by atoms with E-state index in [0.29, 0.717) is 0 Å². The molecule has 0 aromatic heterocycles. The fraction of sp³-hybridized carbons (Fsp3) is 0.176. The third kappa shape index (κ3) is 3.84. The van der Waals surface area contributed by atoms with E-state index in [2.05, 4.69) is 55.0 Å².